The fourth-order valence-corrected chi connectivity index (χ4v) is 3.02. The number of nitrogens with one attached hydrogen (secondary N) is 3. The van der Waals surface area contributed by atoms with Crippen LogP contribution in [0.15, 0.2) is 30.6 Å². The minimum Gasteiger partial charge on any atom is -0.452 e. The van der Waals surface area contributed by atoms with Gasteiger partial charge in [0.05, 0.1) is 11.3 Å². The monoisotopic (exact) mass is 415 g/mol. The van der Waals surface area contributed by atoms with E-state index >= 15 is 0 Å². The number of hydrogen-bond donors (Lipinski definition) is 3. The number of carbonyl (C=O) groups is 4. The number of benzene rings is 1. The van der Waals surface area contributed by atoms with Crippen molar-refractivity contribution in [1.29, 1.82) is 0 Å². The molecule has 1 fully saturated rings. The highest BCUT2D eigenvalue weighted by Gasteiger charge is 2.20. The van der Waals surface area contributed by atoms with Gasteiger partial charge in [0.1, 0.15) is 12.9 Å². The third-order valence-corrected chi connectivity index (χ3v) is 4.40. The van der Waals surface area contributed by atoms with Gasteiger partial charge in [0.2, 0.25) is 5.91 Å². The van der Waals surface area contributed by atoms with Gasteiger partial charge >= 0.3 is 12.0 Å². The van der Waals surface area contributed by atoms with Crippen molar-refractivity contribution in [2.75, 3.05) is 11.9 Å². The van der Waals surface area contributed by atoms with Crippen molar-refractivity contribution in [1.82, 2.24) is 30.8 Å². The molecule has 12 nitrogen and oxygen atoms in total. The van der Waals surface area contributed by atoms with Crippen molar-refractivity contribution < 1.29 is 23.9 Å². The quantitative estimate of drug-likeness (QED) is 0.543. The van der Waals surface area contributed by atoms with E-state index in [-0.39, 0.29) is 23.8 Å². The summed E-state index contributed by atoms with van der Waals surface area (Å²) in [6, 6.07) is 5.62. The summed E-state index contributed by atoms with van der Waals surface area (Å²) in [6.07, 6.45) is 5.13. The van der Waals surface area contributed by atoms with E-state index in [0.29, 0.717) is 0 Å². The summed E-state index contributed by atoms with van der Waals surface area (Å²) in [4.78, 5) is 48.1. The number of esters is 1. The van der Waals surface area contributed by atoms with E-state index in [1.165, 1.54) is 23.1 Å². The van der Waals surface area contributed by atoms with Crippen LogP contribution in [-0.4, -0.2) is 56.7 Å². The number of hydrogen-bond acceptors (Lipinski definition) is 8. The number of amides is 4. The van der Waals surface area contributed by atoms with Gasteiger partial charge in [-0.25, -0.2) is 14.3 Å². The van der Waals surface area contributed by atoms with E-state index < -0.39 is 30.4 Å². The van der Waals surface area contributed by atoms with Crippen LogP contribution in [0.5, 0.6) is 0 Å². The molecule has 0 saturated heterocycles. The largest absolute Gasteiger partial charge is 0.452 e. The SMILES string of the molecule is O=C(COC(=O)c1ccccc1NC(=O)Cn1cnnn1)NC(=O)NC1CCCC1. The summed E-state index contributed by atoms with van der Waals surface area (Å²) in [5.74, 6) is -2.03. The van der Waals surface area contributed by atoms with Crippen LogP contribution in [0.4, 0.5) is 10.5 Å². The molecule has 1 aromatic carbocycles. The van der Waals surface area contributed by atoms with Crippen molar-refractivity contribution in [2.45, 2.75) is 38.3 Å². The van der Waals surface area contributed by atoms with E-state index in [9.17, 15) is 19.2 Å². The fourth-order valence-electron chi connectivity index (χ4n) is 3.02. The molecule has 1 aliphatic carbocycles. The number of aromatic nitrogens is 4. The van der Waals surface area contributed by atoms with Gasteiger partial charge < -0.3 is 15.4 Å². The summed E-state index contributed by atoms with van der Waals surface area (Å²) in [7, 11) is 0. The first kappa shape index (κ1) is 20.9. The summed E-state index contributed by atoms with van der Waals surface area (Å²) in [5.41, 5.74) is 0.269. The minimum atomic E-state index is -0.820. The molecule has 1 aliphatic rings. The third-order valence-electron chi connectivity index (χ3n) is 4.40. The predicted octanol–water partition coefficient (Wildman–Crippen LogP) is 0.237. The van der Waals surface area contributed by atoms with Crippen LogP contribution in [-0.2, 0) is 20.9 Å². The second-order valence-corrected chi connectivity index (χ2v) is 6.68. The topological polar surface area (TPSA) is 157 Å². The number of nitrogens with zero attached hydrogens (tertiary/aromatic N) is 4. The van der Waals surface area contributed by atoms with E-state index in [4.69, 9.17) is 4.74 Å². The molecule has 0 radical (unpaired) electrons. The van der Waals surface area contributed by atoms with Crippen LogP contribution in [0.2, 0.25) is 0 Å². The molecule has 2 aromatic rings. The van der Waals surface area contributed by atoms with Crippen LogP contribution < -0.4 is 16.0 Å². The molecule has 1 heterocycles. The van der Waals surface area contributed by atoms with E-state index in [1.807, 2.05) is 0 Å². The molecule has 0 bridgehead atoms. The molecule has 3 rings (SSSR count). The highest BCUT2D eigenvalue weighted by atomic mass is 16.5. The maximum Gasteiger partial charge on any atom is 0.340 e. The molecule has 0 spiro atoms. The van der Waals surface area contributed by atoms with Crippen LogP contribution in [0, 0.1) is 0 Å². The average molecular weight is 415 g/mol. The zero-order chi connectivity index (χ0) is 21.3. The molecular weight excluding hydrogens is 394 g/mol. The summed E-state index contributed by atoms with van der Waals surface area (Å²) in [6.45, 7) is -0.779. The number of tetrazole rings is 1. The number of anilines is 1. The van der Waals surface area contributed by atoms with Crippen LogP contribution in [0.25, 0.3) is 0 Å². The van der Waals surface area contributed by atoms with E-state index in [0.717, 1.165) is 25.7 Å². The van der Waals surface area contributed by atoms with Crippen molar-refractivity contribution in [3.05, 3.63) is 36.2 Å². The third kappa shape index (κ3) is 6.09. The molecule has 0 unspecified atom stereocenters. The maximum absolute atomic E-state index is 12.3. The van der Waals surface area contributed by atoms with E-state index in [1.54, 1.807) is 12.1 Å². The Bertz CT molecular complexity index is 909. The summed E-state index contributed by atoms with van der Waals surface area (Å²) >= 11 is 0. The van der Waals surface area contributed by atoms with E-state index in [2.05, 4.69) is 31.5 Å². The lowest BCUT2D eigenvalue weighted by Crippen LogP contribution is -2.45. The molecule has 0 aliphatic heterocycles. The lowest BCUT2D eigenvalue weighted by molar-refractivity contribution is -0.123. The van der Waals surface area contributed by atoms with Gasteiger partial charge in [-0.05, 0) is 35.4 Å². The van der Waals surface area contributed by atoms with Gasteiger partial charge in [-0.3, -0.25) is 14.9 Å². The van der Waals surface area contributed by atoms with Crippen molar-refractivity contribution >= 4 is 29.5 Å². The fraction of sp³-hybridized carbons (Fsp3) is 0.389. The molecule has 30 heavy (non-hydrogen) atoms. The first-order chi connectivity index (χ1) is 14.5. The zero-order valence-electron chi connectivity index (χ0n) is 16.0. The Kier molecular flexibility index (Phi) is 7.03. The smallest absolute Gasteiger partial charge is 0.340 e. The number of para-hydroxylation sites is 1. The number of ether oxygens (including phenoxy) is 1. The maximum atomic E-state index is 12.3. The Morgan fingerprint density at radius 3 is 2.60 bits per heavy atom. The molecule has 3 N–H and O–H groups in total. The zero-order valence-corrected chi connectivity index (χ0v) is 16.0. The molecular formula is C18H21N7O5. The van der Waals surface area contributed by atoms with Crippen LogP contribution in [0.3, 0.4) is 0 Å². The van der Waals surface area contributed by atoms with Crippen LogP contribution >= 0.6 is 0 Å². The molecule has 12 heteroatoms. The first-order valence-electron chi connectivity index (χ1n) is 9.38. The van der Waals surface area contributed by atoms with Crippen LogP contribution in [0.1, 0.15) is 36.0 Å². The van der Waals surface area contributed by atoms with Crippen molar-refractivity contribution in [2.24, 2.45) is 0 Å². The number of rotatable bonds is 7. The first-order valence-corrected chi connectivity index (χ1v) is 9.38. The molecule has 4 amide bonds. The molecule has 1 saturated carbocycles. The van der Waals surface area contributed by atoms with Gasteiger partial charge in [-0.1, -0.05) is 25.0 Å². The lowest BCUT2D eigenvalue weighted by atomic mass is 10.2. The Morgan fingerprint density at radius 1 is 1.10 bits per heavy atom. The second-order valence-electron chi connectivity index (χ2n) is 6.68. The number of carbonyl (C=O) groups excluding carboxylic acids is 4. The highest BCUT2D eigenvalue weighted by Crippen LogP contribution is 2.17. The Balaban J connectivity index is 1.49. The molecule has 1 aromatic heterocycles. The van der Waals surface area contributed by atoms with Gasteiger partial charge in [-0.2, -0.15) is 0 Å². The second kappa shape index (κ2) is 10.1. The summed E-state index contributed by atoms with van der Waals surface area (Å²) in [5, 5.41) is 17.8. The van der Waals surface area contributed by atoms with Gasteiger partial charge in [-0.15, -0.1) is 5.10 Å². The Labute approximate surface area is 171 Å². The molecule has 0 atom stereocenters. The normalized spacial score (nSPS) is 13.5. The number of imide groups is 1. The Hall–Kier alpha value is -3.83. The van der Waals surface area contributed by atoms with Gasteiger partial charge in [0.15, 0.2) is 6.61 Å². The lowest BCUT2D eigenvalue weighted by Gasteiger charge is -2.13. The van der Waals surface area contributed by atoms with Gasteiger partial charge in [0.25, 0.3) is 5.91 Å². The van der Waals surface area contributed by atoms with Gasteiger partial charge in [0, 0.05) is 6.04 Å². The Morgan fingerprint density at radius 2 is 1.87 bits per heavy atom. The minimum absolute atomic E-state index is 0.0594. The van der Waals surface area contributed by atoms with Crippen molar-refractivity contribution in [3.8, 4) is 0 Å². The average Bonchev–Trinajstić information content (AvgIpc) is 3.40. The summed E-state index contributed by atoms with van der Waals surface area (Å²) < 4.78 is 6.19. The number of urea groups is 1. The van der Waals surface area contributed by atoms with Crippen molar-refractivity contribution in [3.63, 3.8) is 0 Å². The highest BCUT2D eigenvalue weighted by molar-refractivity contribution is 6.02. The molecule has 158 valence electrons. The standard InChI is InChI=1S/C18H21N7O5/c26-15(9-25-11-19-23-24-25)21-14-8-4-3-7-13(14)17(28)30-10-16(27)22-18(29)20-12-5-1-2-6-12/h3-4,7-8,11-12H,1-2,5-6,9-10H2,(H,21,26)(H2,20,22,27,29). The predicted molar refractivity (Wildman–Crippen MR) is 102 cm³/mol.